The Morgan fingerprint density at radius 1 is 1.08 bits per heavy atom. The first-order chi connectivity index (χ1) is 11.7. The Morgan fingerprint density at radius 3 is 2.67 bits per heavy atom. The molecule has 2 N–H and O–H groups in total. The number of ether oxygens (including phenoxy) is 2. The number of amides is 2. The lowest BCUT2D eigenvalue weighted by Crippen LogP contribution is -2.51. The van der Waals surface area contributed by atoms with Gasteiger partial charge in [0, 0.05) is 6.42 Å². The highest BCUT2D eigenvalue weighted by Crippen LogP contribution is 2.49. The van der Waals surface area contributed by atoms with E-state index in [0.29, 0.717) is 29.8 Å². The molecule has 4 rings (SSSR count). The predicted molar refractivity (Wildman–Crippen MR) is 86.2 cm³/mol. The van der Waals surface area contributed by atoms with Crippen LogP contribution in [0.3, 0.4) is 0 Å². The van der Waals surface area contributed by atoms with Gasteiger partial charge in [0.1, 0.15) is 6.61 Å². The molecule has 0 saturated heterocycles. The molecule has 2 saturated carbocycles. The number of hydrogen-bond donors (Lipinski definition) is 2. The van der Waals surface area contributed by atoms with Gasteiger partial charge in [-0.25, -0.2) is 0 Å². The van der Waals surface area contributed by atoms with Crippen LogP contribution in [0, 0.1) is 17.8 Å². The van der Waals surface area contributed by atoms with Crippen molar-refractivity contribution < 1.29 is 19.1 Å². The molecule has 24 heavy (non-hydrogen) atoms. The van der Waals surface area contributed by atoms with Crippen molar-refractivity contribution in [2.45, 2.75) is 38.2 Å². The molecule has 1 heterocycles. The quantitative estimate of drug-likeness (QED) is 0.829. The van der Waals surface area contributed by atoms with Crippen LogP contribution in [0.4, 0.5) is 0 Å². The maximum absolute atomic E-state index is 12.1. The van der Waals surface area contributed by atoms with Crippen molar-refractivity contribution in [2.75, 3.05) is 6.61 Å². The average Bonchev–Trinajstić information content (AvgIpc) is 3.22. The lowest BCUT2D eigenvalue weighted by molar-refractivity contribution is -0.135. The minimum absolute atomic E-state index is 0.127. The first-order valence-electron chi connectivity index (χ1n) is 8.66. The summed E-state index contributed by atoms with van der Waals surface area (Å²) in [5, 5.41) is 0. The summed E-state index contributed by atoms with van der Waals surface area (Å²) in [6.07, 6.45) is 4.73. The number of carbonyl (C=O) groups excluding carboxylic acids is 2. The lowest BCUT2D eigenvalue weighted by Gasteiger charge is -2.26. The monoisotopic (exact) mass is 330 g/mol. The summed E-state index contributed by atoms with van der Waals surface area (Å²) in [7, 11) is 0. The number of hydrazine groups is 1. The fourth-order valence-electron chi connectivity index (χ4n) is 4.28. The number of hydrogen-bond acceptors (Lipinski definition) is 4. The van der Waals surface area contributed by atoms with Crippen LogP contribution in [0.1, 0.15) is 32.1 Å². The second-order valence-corrected chi connectivity index (χ2v) is 7.04. The molecule has 2 bridgehead atoms. The Balaban J connectivity index is 1.24. The van der Waals surface area contributed by atoms with Crippen LogP contribution in [0.25, 0.3) is 0 Å². The fraction of sp³-hybridized carbons (Fsp3) is 0.556. The fourth-order valence-corrected chi connectivity index (χ4v) is 4.28. The second kappa shape index (κ2) is 6.34. The van der Waals surface area contributed by atoms with Crippen molar-refractivity contribution in [3.8, 4) is 11.5 Å². The molecule has 6 nitrogen and oxygen atoms in total. The second-order valence-electron chi connectivity index (χ2n) is 7.04. The van der Waals surface area contributed by atoms with E-state index in [9.17, 15) is 9.59 Å². The van der Waals surface area contributed by atoms with Crippen LogP contribution >= 0.6 is 0 Å². The third-order valence-corrected chi connectivity index (χ3v) is 5.46. The maximum Gasteiger partial charge on any atom is 0.283 e. The summed E-state index contributed by atoms with van der Waals surface area (Å²) < 4.78 is 11.1. The van der Waals surface area contributed by atoms with Gasteiger partial charge in [-0.15, -0.1) is 0 Å². The summed E-state index contributed by atoms with van der Waals surface area (Å²) in [6, 6.07) is 7.21. The molecular formula is C18H22N2O4. The topological polar surface area (TPSA) is 76.7 Å². The van der Waals surface area contributed by atoms with Gasteiger partial charge in [0.05, 0.1) is 0 Å². The van der Waals surface area contributed by atoms with Gasteiger partial charge >= 0.3 is 0 Å². The number of fused-ring (bicyclic) bond motifs is 3. The molecule has 0 aromatic heterocycles. The van der Waals surface area contributed by atoms with Crippen LogP contribution in [0.15, 0.2) is 24.3 Å². The van der Waals surface area contributed by atoms with Gasteiger partial charge in [-0.1, -0.05) is 18.6 Å². The first kappa shape index (κ1) is 15.3. The molecule has 1 aromatic carbocycles. The van der Waals surface area contributed by atoms with E-state index in [1.165, 1.54) is 19.3 Å². The number of carbonyl (C=O) groups is 2. The highest BCUT2D eigenvalue weighted by Gasteiger charge is 2.40. The van der Waals surface area contributed by atoms with Crippen LogP contribution in [0.2, 0.25) is 0 Å². The van der Waals surface area contributed by atoms with Crippen molar-refractivity contribution in [3.05, 3.63) is 24.3 Å². The number of benzene rings is 1. The zero-order chi connectivity index (χ0) is 16.5. The van der Waals surface area contributed by atoms with Gasteiger partial charge in [-0.05, 0) is 49.1 Å². The highest BCUT2D eigenvalue weighted by atomic mass is 16.6. The standard InChI is InChI=1S/C18H22N2O4/c21-17(9-13-8-11-5-6-12(13)7-11)19-20-18(22)16-10-23-14-3-1-2-4-15(14)24-16/h1-4,11-13,16H,5-10H2,(H,19,21)(H,20,22)/t11-,12-,13-,16-/m0/s1. The van der Waals surface area contributed by atoms with Gasteiger partial charge < -0.3 is 9.47 Å². The molecule has 4 atom stereocenters. The van der Waals surface area contributed by atoms with Crippen LogP contribution in [-0.4, -0.2) is 24.5 Å². The molecule has 6 heteroatoms. The Bertz CT molecular complexity index is 648. The Kier molecular flexibility index (Phi) is 4.04. The van der Waals surface area contributed by atoms with Crippen molar-refractivity contribution >= 4 is 11.8 Å². The largest absolute Gasteiger partial charge is 0.485 e. The number of nitrogens with one attached hydrogen (secondary N) is 2. The molecule has 2 aliphatic carbocycles. The number of para-hydroxylation sites is 2. The van der Waals surface area contributed by atoms with E-state index in [-0.39, 0.29) is 12.5 Å². The molecule has 2 fully saturated rings. The summed E-state index contributed by atoms with van der Waals surface area (Å²) in [5.74, 6) is 2.63. The van der Waals surface area contributed by atoms with Crippen LogP contribution in [-0.2, 0) is 9.59 Å². The molecule has 1 aromatic rings. The van der Waals surface area contributed by atoms with Crippen LogP contribution in [0.5, 0.6) is 11.5 Å². The van der Waals surface area contributed by atoms with E-state index in [2.05, 4.69) is 10.9 Å². The van der Waals surface area contributed by atoms with Gasteiger partial charge in [0.15, 0.2) is 11.5 Å². The molecule has 0 spiro atoms. The van der Waals surface area contributed by atoms with Gasteiger partial charge in [-0.2, -0.15) is 0 Å². The van der Waals surface area contributed by atoms with Crippen molar-refractivity contribution in [1.29, 1.82) is 0 Å². The van der Waals surface area contributed by atoms with Crippen molar-refractivity contribution in [3.63, 3.8) is 0 Å². The molecule has 1 aliphatic heterocycles. The molecule has 2 amide bonds. The Labute approximate surface area is 140 Å². The maximum atomic E-state index is 12.1. The van der Waals surface area contributed by atoms with Crippen molar-refractivity contribution in [1.82, 2.24) is 10.9 Å². The predicted octanol–water partition coefficient (Wildman–Crippen LogP) is 1.80. The van der Waals surface area contributed by atoms with E-state index in [1.807, 2.05) is 12.1 Å². The number of rotatable bonds is 3. The molecule has 128 valence electrons. The minimum Gasteiger partial charge on any atom is -0.485 e. The van der Waals surface area contributed by atoms with E-state index in [1.54, 1.807) is 12.1 Å². The van der Waals surface area contributed by atoms with E-state index >= 15 is 0 Å². The normalized spacial score (nSPS) is 30.0. The van der Waals surface area contributed by atoms with Gasteiger partial charge in [0.25, 0.3) is 5.91 Å². The zero-order valence-corrected chi connectivity index (χ0v) is 13.5. The first-order valence-corrected chi connectivity index (χ1v) is 8.66. The molecule has 0 radical (unpaired) electrons. The van der Waals surface area contributed by atoms with Crippen molar-refractivity contribution in [2.24, 2.45) is 17.8 Å². The van der Waals surface area contributed by atoms with E-state index in [0.717, 1.165) is 12.3 Å². The van der Waals surface area contributed by atoms with Crippen LogP contribution < -0.4 is 20.3 Å². The minimum atomic E-state index is -0.761. The summed E-state index contributed by atoms with van der Waals surface area (Å²) >= 11 is 0. The molecule has 3 aliphatic rings. The highest BCUT2D eigenvalue weighted by molar-refractivity contribution is 5.85. The van der Waals surface area contributed by atoms with E-state index in [4.69, 9.17) is 9.47 Å². The lowest BCUT2D eigenvalue weighted by atomic mass is 9.86. The van der Waals surface area contributed by atoms with E-state index < -0.39 is 12.0 Å². The third kappa shape index (κ3) is 3.05. The summed E-state index contributed by atoms with van der Waals surface area (Å²) in [5.41, 5.74) is 4.97. The summed E-state index contributed by atoms with van der Waals surface area (Å²) in [6.45, 7) is 0.130. The zero-order valence-electron chi connectivity index (χ0n) is 13.5. The third-order valence-electron chi connectivity index (χ3n) is 5.46. The Hall–Kier alpha value is -2.24. The molecular weight excluding hydrogens is 308 g/mol. The molecule has 0 unspecified atom stereocenters. The van der Waals surface area contributed by atoms with Gasteiger partial charge in [-0.3, -0.25) is 20.4 Å². The summed E-state index contributed by atoms with van der Waals surface area (Å²) in [4.78, 5) is 24.2. The van der Waals surface area contributed by atoms with Gasteiger partial charge in [0.2, 0.25) is 12.0 Å². The SMILES string of the molecule is O=C(C[C@@H]1C[C@H]2CC[C@H]1C2)NNC(=O)[C@@H]1COc2ccccc2O1. The smallest absolute Gasteiger partial charge is 0.283 e. The Morgan fingerprint density at radius 2 is 1.92 bits per heavy atom. The average molecular weight is 330 g/mol.